The highest BCUT2D eigenvalue weighted by molar-refractivity contribution is 9.10. The number of hydrogen-bond donors (Lipinski definition) is 2. The van der Waals surface area contributed by atoms with Gasteiger partial charge in [-0.15, -0.1) is 0 Å². The molecule has 1 saturated carbocycles. The monoisotopic (exact) mass is 412 g/mol. The fourth-order valence-electron chi connectivity index (χ4n) is 3.05. The van der Waals surface area contributed by atoms with E-state index in [2.05, 4.69) is 38.1 Å². The van der Waals surface area contributed by atoms with Crippen LogP contribution in [0.2, 0.25) is 0 Å². The van der Waals surface area contributed by atoms with Gasteiger partial charge in [-0.2, -0.15) is 0 Å². The summed E-state index contributed by atoms with van der Waals surface area (Å²) in [5.74, 6) is 6.04. The van der Waals surface area contributed by atoms with Crippen LogP contribution in [0.4, 0.5) is 0 Å². The first-order valence-corrected chi connectivity index (χ1v) is 9.54. The summed E-state index contributed by atoms with van der Waals surface area (Å²) in [6, 6.07) is 7.23. The molecule has 134 valence electrons. The molecule has 0 unspecified atom stereocenters. The average molecular weight is 413 g/mol. The lowest BCUT2D eigenvalue weighted by atomic mass is 9.92. The molecule has 4 nitrogen and oxygen atoms in total. The Morgan fingerprint density at radius 2 is 2.04 bits per heavy atom. The van der Waals surface area contributed by atoms with E-state index in [4.69, 9.17) is 0 Å². The van der Waals surface area contributed by atoms with Gasteiger partial charge in [0.25, 0.3) is 5.91 Å². The summed E-state index contributed by atoms with van der Waals surface area (Å²) in [5, 5.41) is 13.0. The Kier molecular flexibility index (Phi) is 6.08. The van der Waals surface area contributed by atoms with Crippen LogP contribution in [-0.4, -0.2) is 28.1 Å². The number of hydrogen-bond acceptors (Lipinski definition) is 3. The lowest BCUT2D eigenvalue weighted by molar-refractivity contribution is 0.0717. The highest BCUT2D eigenvalue weighted by Crippen LogP contribution is 2.19. The Hall–Kier alpha value is -2.16. The van der Waals surface area contributed by atoms with E-state index in [1.165, 1.54) is 0 Å². The quantitative estimate of drug-likeness (QED) is 0.740. The molecule has 2 atom stereocenters. The Balaban J connectivity index is 1.78. The number of carbonyl (C=O) groups excluding carboxylic acids is 1. The highest BCUT2D eigenvalue weighted by Gasteiger charge is 2.24. The van der Waals surface area contributed by atoms with Gasteiger partial charge in [-0.05, 0) is 59.5 Å². The molecule has 26 heavy (non-hydrogen) atoms. The smallest absolute Gasteiger partial charge is 0.251 e. The molecule has 1 aromatic carbocycles. The number of aromatic nitrogens is 1. The number of carbonyl (C=O) groups is 1. The van der Waals surface area contributed by atoms with Crippen LogP contribution in [0.3, 0.4) is 0 Å². The van der Waals surface area contributed by atoms with Crippen molar-refractivity contribution in [3.05, 3.63) is 63.4 Å². The average Bonchev–Trinajstić information content (AvgIpc) is 2.63. The fraction of sp³-hybridized carbons (Fsp3) is 0.333. The summed E-state index contributed by atoms with van der Waals surface area (Å²) < 4.78 is 0.875. The summed E-state index contributed by atoms with van der Waals surface area (Å²) in [4.78, 5) is 16.7. The standard InChI is InChI=1S/C21H21BrN2O2/c1-14-6-8-17(21(26)24-19-4-2-3-5-20(19)25)11-16(14)9-7-15-10-18(22)13-23-12-15/h6,8,10-13,19-20,25H,2-5H2,1H3,(H,24,26)/t19-,20-/m0/s1. The molecule has 0 aliphatic heterocycles. The first-order valence-electron chi connectivity index (χ1n) is 8.75. The van der Waals surface area contributed by atoms with Crippen LogP contribution in [0.1, 0.15) is 52.7 Å². The molecule has 1 fully saturated rings. The third-order valence-electron chi connectivity index (χ3n) is 4.59. The molecule has 2 N–H and O–H groups in total. The van der Waals surface area contributed by atoms with E-state index in [0.29, 0.717) is 5.56 Å². The molecular weight excluding hydrogens is 392 g/mol. The molecule has 0 saturated heterocycles. The van der Waals surface area contributed by atoms with Gasteiger partial charge >= 0.3 is 0 Å². The Morgan fingerprint density at radius 1 is 1.23 bits per heavy atom. The molecule has 1 aromatic heterocycles. The Morgan fingerprint density at radius 3 is 2.81 bits per heavy atom. The molecule has 1 aliphatic rings. The summed E-state index contributed by atoms with van der Waals surface area (Å²) in [6.07, 6.45) is 6.57. The number of aliphatic hydroxyl groups is 1. The minimum Gasteiger partial charge on any atom is -0.391 e. The molecule has 1 heterocycles. The number of nitrogens with zero attached hydrogens (tertiary/aromatic N) is 1. The summed E-state index contributed by atoms with van der Waals surface area (Å²) in [6.45, 7) is 1.97. The van der Waals surface area contributed by atoms with Gasteiger partial charge in [0, 0.05) is 33.6 Å². The lowest BCUT2D eigenvalue weighted by Crippen LogP contribution is -2.45. The van der Waals surface area contributed by atoms with Crippen molar-refractivity contribution in [3.8, 4) is 11.8 Å². The second-order valence-corrected chi connectivity index (χ2v) is 7.52. The molecule has 3 rings (SSSR count). The SMILES string of the molecule is Cc1ccc(C(=O)N[C@H]2CCCC[C@@H]2O)cc1C#Cc1cncc(Br)c1. The summed E-state index contributed by atoms with van der Waals surface area (Å²) >= 11 is 3.38. The predicted molar refractivity (Wildman–Crippen MR) is 105 cm³/mol. The molecule has 0 bridgehead atoms. The van der Waals surface area contributed by atoms with Crippen LogP contribution in [0.15, 0.2) is 41.1 Å². The van der Waals surface area contributed by atoms with Gasteiger partial charge in [-0.3, -0.25) is 9.78 Å². The van der Waals surface area contributed by atoms with E-state index >= 15 is 0 Å². The van der Waals surface area contributed by atoms with E-state index in [-0.39, 0.29) is 11.9 Å². The van der Waals surface area contributed by atoms with Gasteiger partial charge in [0.2, 0.25) is 0 Å². The molecule has 1 amide bonds. The number of rotatable bonds is 2. The molecule has 1 aliphatic carbocycles. The zero-order valence-corrected chi connectivity index (χ0v) is 16.2. The Labute approximate surface area is 162 Å². The second-order valence-electron chi connectivity index (χ2n) is 6.60. The maximum absolute atomic E-state index is 12.6. The number of amides is 1. The molecule has 5 heteroatoms. The molecule has 2 aromatic rings. The van der Waals surface area contributed by atoms with Gasteiger partial charge in [-0.25, -0.2) is 0 Å². The maximum atomic E-state index is 12.6. The number of halogens is 1. The van der Waals surface area contributed by atoms with Crippen LogP contribution in [-0.2, 0) is 0 Å². The van der Waals surface area contributed by atoms with Crippen LogP contribution in [0, 0.1) is 18.8 Å². The van der Waals surface area contributed by atoms with Crippen molar-refractivity contribution in [1.29, 1.82) is 0 Å². The third-order valence-corrected chi connectivity index (χ3v) is 5.03. The van der Waals surface area contributed by atoms with Crippen LogP contribution >= 0.6 is 15.9 Å². The number of nitrogens with one attached hydrogen (secondary N) is 1. The fourth-order valence-corrected chi connectivity index (χ4v) is 3.41. The van der Waals surface area contributed by atoms with Gasteiger partial charge in [0.1, 0.15) is 0 Å². The van der Waals surface area contributed by atoms with Crippen molar-refractivity contribution < 1.29 is 9.90 Å². The molecule has 0 radical (unpaired) electrons. The van der Waals surface area contributed by atoms with Crippen molar-refractivity contribution in [3.63, 3.8) is 0 Å². The van der Waals surface area contributed by atoms with Gasteiger partial charge in [0.05, 0.1) is 12.1 Å². The van der Waals surface area contributed by atoms with Crippen molar-refractivity contribution in [2.24, 2.45) is 0 Å². The lowest BCUT2D eigenvalue weighted by Gasteiger charge is -2.28. The van der Waals surface area contributed by atoms with E-state index < -0.39 is 6.10 Å². The number of aryl methyl sites for hydroxylation is 1. The number of aliphatic hydroxyl groups excluding tert-OH is 1. The largest absolute Gasteiger partial charge is 0.391 e. The van der Waals surface area contributed by atoms with E-state index in [0.717, 1.165) is 46.8 Å². The van der Waals surface area contributed by atoms with Crippen LogP contribution in [0.5, 0.6) is 0 Å². The molecule has 0 spiro atoms. The van der Waals surface area contributed by atoms with Gasteiger partial charge in [-0.1, -0.05) is 30.7 Å². The summed E-state index contributed by atoms with van der Waals surface area (Å²) in [5.41, 5.74) is 3.18. The zero-order chi connectivity index (χ0) is 18.5. The highest BCUT2D eigenvalue weighted by atomic mass is 79.9. The molecular formula is C21H21BrN2O2. The normalized spacial score (nSPS) is 19.3. The van der Waals surface area contributed by atoms with Crippen molar-refractivity contribution in [2.75, 3.05) is 0 Å². The minimum atomic E-state index is -0.457. The van der Waals surface area contributed by atoms with Crippen LogP contribution in [0.25, 0.3) is 0 Å². The van der Waals surface area contributed by atoms with E-state index in [9.17, 15) is 9.90 Å². The first-order chi connectivity index (χ1) is 12.5. The topological polar surface area (TPSA) is 62.2 Å². The number of benzene rings is 1. The zero-order valence-electron chi connectivity index (χ0n) is 14.6. The second kappa shape index (κ2) is 8.48. The van der Waals surface area contributed by atoms with Crippen LogP contribution < -0.4 is 5.32 Å². The van der Waals surface area contributed by atoms with E-state index in [1.807, 2.05) is 19.1 Å². The van der Waals surface area contributed by atoms with Crippen molar-refractivity contribution in [1.82, 2.24) is 10.3 Å². The van der Waals surface area contributed by atoms with Gasteiger partial charge < -0.3 is 10.4 Å². The van der Waals surface area contributed by atoms with Crippen molar-refractivity contribution >= 4 is 21.8 Å². The maximum Gasteiger partial charge on any atom is 0.251 e. The summed E-state index contributed by atoms with van der Waals surface area (Å²) in [7, 11) is 0. The van der Waals surface area contributed by atoms with E-state index in [1.54, 1.807) is 24.5 Å². The predicted octanol–water partition coefficient (Wildman–Crippen LogP) is 3.59. The Bertz CT molecular complexity index is 870. The minimum absolute atomic E-state index is 0.164. The van der Waals surface area contributed by atoms with Gasteiger partial charge in [0.15, 0.2) is 0 Å². The third kappa shape index (κ3) is 4.72. The number of pyridine rings is 1. The first kappa shape index (κ1) is 18.6. The van der Waals surface area contributed by atoms with Crippen molar-refractivity contribution in [2.45, 2.75) is 44.8 Å².